The minimum Gasteiger partial charge on any atom is -0.492 e. The molecular weight excluding hydrogens is 441 g/mol. The van der Waals surface area contributed by atoms with Crippen LogP contribution in [0.5, 0.6) is 5.75 Å². The van der Waals surface area contributed by atoms with Crippen LogP contribution in [0, 0.1) is 0 Å². The van der Waals surface area contributed by atoms with Crippen molar-refractivity contribution in [3.63, 3.8) is 0 Å². The number of hydrogen-bond donors (Lipinski definition) is 1. The number of benzene rings is 1. The van der Waals surface area contributed by atoms with E-state index in [0.717, 1.165) is 15.8 Å². The van der Waals surface area contributed by atoms with Gasteiger partial charge in [0.25, 0.3) is 0 Å². The largest absolute Gasteiger partial charge is 0.492 e. The molecule has 2 heterocycles. The third-order valence-corrected chi connectivity index (χ3v) is 4.63. The van der Waals surface area contributed by atoms with E-state index >= 15 is 0 Å². The van der Waals surface area contributed by atoms with E-state index in [0.29, 0.717) is 41.8 Å². The van der Waals surface area contributed by atoms with Crippen molar-refractivity contribution in [2.24, 2.45) is 0 Å². The molecular formula is C18H16BrCl2N3O2. The highest BCUT2D eigenvalue weighted by atomic mass is 79.9. The lowest BCUT2D eigenvalue weighted by atomic mass is 10.3. The average Bonchev–Trinajstić information content (AvgIpc) is 3.00. The molecule has 0 aliphatic heterocycles. The zero-order chi connectivity index (χ0) is 18.5. The predicted octanol–water partition coefficient (Wildman–Crippen LogP) is 4.88. The number of pyridine rings is 1. The average molecular weight is 457 g/mol. The summed E-state index contributed by atoms with van der Waals surface area (Å²) >= 11 is 15.3. The van der Waals surface area contributed by atoms with Gasteiger partial charge < -0.3 is 14.5 Å². The lowest BCUT2D eigenvalue weighted by molar-refractivity contribution is -0.121. The van der Waals surface area contributed by atoms with Crippen molar-refractivity contribution in [3.05, 3.63) is 62.9 Å². The third-order valence-electron chi connectivity index (χ3n) is 3.63. The van der Waals surface area contributed by atoms with Gasteiger partial charge in [-0.25, -0.2) is 4.98 Å². The van der Waals surface area contributed by atoms with Crippen LogP contribution in [-0.4, -0.2) is 21.9 Å². The number of halogens is 3. The maximum Gasteiger partial charge on any atom is 0.220 e. The van der Waals surface area contributed by atoms with E-state index in [4.69, 9.17) is 27.9 Å². The second kappa shape index (κ2) is 8.75. The fourth-order valence-electron chi connectivity index (χ4n) is 2.39. The zero-order valence-electron chi connectivity index (χ0n) is 13.7. The van der Waals surface area contributed by atoms with Crippen LogP contribution >= 0.6 is 39.1 Å². The van der Waals surface area contributed by atoms with Crippen molar-refractivity contribution in [1.82, 2.24) is 14.7 Å². The molecule has 5 nitrogen and oxygen atoms in total. The number of hydrogen-bond acceptors (Lipinski definition) is 3. The fraction of sp³-hybridized carbons (Fsp3) is 0.222. The number of fused-ring (bicyclic) bond motifs is 1. The monoisotopic (exact) mass is 455 g/mol. The van der Waals surface area contributed by atoms with Gasteiger partial charge in [-0.05, 0) is 52.7 Å². The zero-order valence-corrected chi connectivity index (χ0v) is 16.8. The van der Waals surface area contributed by atoms with Gasteiger partial charge in [0.2, 0.25) is 5.91 Å². The smallest absolute Gasteiger partial charge is 0.220 e. The van der Waals surface area contributed by atoms with Crippen LogP contribution < -0.4 is 10.1 Å². The summed E-state index contributed by atoms with van der Waals surface area (Å²) in [6.45, 7) is 0.791. The molecule has 3 aromatic rings. The molecule has 3 rings (SSSR count). The summed E-state index contributed by atoms with van der Waals surface area (Å²) in [6.07, 6.45) is 4.77. The molecule has 26 heavy (non-hydrogen) atoms. The number of aromatic nitrogens is 2. The summed E-state index contributed by atoms with van der Waals surface area (Å²) in [5.74, 6) is 0.515. The summed E-state index contributed by atoms with van der Waals surface area (Å²) in [7, 11) is 0. The van der Waals surface area contributed by atoms with E-state index in [2.05, 4.69) is 26.2 Å². The normalized spacial score (nSPS) is 10.9. The van der Waals surface area contributed by atoms with E-state index in [-0.39, 0.29) is 5.91 Å². The van der Waals surface area contributed by atoms with Gasteiger partial charge in [0.05, 0.1) is 23.9 Å². The Kier molecular flexibility index (Phi) is 6.40. The summed E-state index contributed by atoms with van der Waals surface area (Å²) < 4.78 is 8.45. The van der Waals surface area contributed by atoms with Crippen LogP contribution in [-0.2, 0) is 11.3 Å². The SMILES string of the molecule is O=C(CCCOc1ccc(Cl)cc1Cl)NCc1cn2cc(Br)ccc2n1. The molecule has 1 aromatic carbocycles. The van der Waals surface area contributed by atoms with Crippen LogP contribution in [0.1, 0.15) is 18.5 Å². The van der Waals surface area contributed by atoms with Crippen LogP contribution in [0.3, 0.4) is 0 Å². The van der Waals surface area contributed by atoms with Crippen molar-refractivity contribution in [1.29, 1.82) is 0 Å². The third kappa shape index (κ3) is 5.13. The summed E-state index contributed by atoms with van der Waals surface area (Å²) in [5, 5.41) is 3.88. The van der Waals surface area contributed by atoms with Crippen LogP contribution in [0.25, 0.3) is 5.65 Å². The van der Waals surface area contributed by atoms with E-state index in [9.17, 15) is 4.79 Å². The number of carbonyl (C=O) groups is 1. The topological polar surface area (TPSA) is 55.6 Å². The number of ether oxygens (including phenoxy) is 1. The van der Waals surface area contributed by atoms with Gasteiger partial charge in [0.1, 0.15) is 11.4 Å². The minimum absolute atomic E-state index is 0.0472. The van der Waals surface area contributed by atoms with Crippen molar-refractivity contribution in [2.45, 2.75) is 19.4 Å². The molecule has 0 atom stereocenters. The number of carbonyl (C=O) groups excluding carboxylic acids is 1. The molecule has 0 saturated heterocycles. The lowest BCUT2D eigenvalue weighted by Gasteiger charge is -2.08. The standard InChI is InChI=1S/C18H16BrCl2N3O2/c19-12-3-6-17-23-14(11-24(17)10-12)9-22-18(25)2-1-7-26-16-5-4-13(20)8-15(16)21/h3-6,8,10-11H,1-2,7,9H2,(H,22,25). The predicted molar refractivity (Wildman–Crippen MR) is 106 cm³/mol. The van der Waals surface area contributed by atoms with Crippen LogP contribution in [0.15, 0.2) is 47.2 Å². The fourth-order valence-corrected chi connectivity index (χ4v) is 3.20. The molecule has 0 spiro atoms. The van der Waals surface area contributed by atoms with E-state index < -0.39 is 0 Å². The molecule has 0 saturated carbocycles. The number of amides is 1. The summed E-state index contributed by atoms with van der Waals surface area (Å²) in [4.78, 5) is 16.4. The number of nitrogens with one attached hydrogen (secondary N) is 1. The summed E-state index contributed by atoms with van der Waals surface area (Å²) in [6, 6.07) is 8.89. The Hall–Kier alpha value is -1.76. The number of imidazole rings is 1. The highest BCUT2D eigenvalue weighted by molar-refractivity contribution is 9.10. The molecule has 8 heteroatoms. The molecule has 0 radical (unpaired) electrons. The first kappa shape index (κ1) is 19.0. The first-order chi connectivity index (χ1) is 12.5. The lowest BCUT2D eigenvalue weighted by Crippen LogP contribution is -2.23. The Morgan fingerprint density at radius 3 is 2.88 bits per heavy atom. The molecule has 136 valence electrons. The maximum absolute atomic E-state index is 12.0. The molecule has 2 aromatic heterocycles. The van der Waals surface area contributed by atoms with Gasteiger partial charge in [0.15, 0.2) is 0 Å². The van der Waals surface area contributed by atoms with Crippen molar-refractivity contribution >= 4 is 50.7 Å². The van der Waals surface area contributed by atoms with Gasteiger partial charge >= 0.3 is 0 Å². The van der Waals surface area contributed by atoms with E-state index in [1.54, 1.807) is 18.2 Å². The second-order valence-electron chi connectivity index (χ2n) is 5.65. The minimum atomic E-state index is -0.0472. The molecule has 0 aliphatic rings. The quantitative estimate of drug-likeness (QED) is 0.515. The van der Waals surface area contributed by atoms with E-state index in [1.165, 1.54) is 0 Å². The van der Waals surface area contributed by atoms with Gasteiger partial charge in [-0.15, -0.1) is 0 Å². The first-order valence-corrected chi connectivity index (χ1v) is 9.54. The van der Waals surface area contributed by atoms with Gasteiger partial charge in [-0.2, -0.15) is 0 Å². The van der Waals surface area contributed by atoms with Crippen molar-refractivity contribution in [3.8, 4) is 5.75 Å². The Balaban J connectivity index is 1.41. The Bertz CT molecular complexity index is 930. The first-order valence-electron chi connectivity index (χ1n) is 7.99. The second-order valence-corrected chi connectivity index (χ2v) is 7.41. The molecule has 1 amide bonds. The molecule has 0 unspecified atom stereocenters. The van der Waals surface area contributed by atoms with E-state index in [1.807, 2.05) is 28.9 Å². The Morgan fingerprint density at radius 2 is 2.08 bits per heavy atom. The Morgan fingerprint density at radius 1 is 1.23 bits per heavy atom. The molecule has 1 N–H and O–H groups in total. The van der Waals surface area contributed by atoms with Gasteiger partial charge in [-0.3, -0.25) is 4.79 Å². The van der Waals surface area contributed by atoms with Crippen molar-refractivity contribution < 1.29 is 9.53 Å². The Labute approximate surface area is 169 Å². The van der Waals surface area contributed by atoms with Gasteiger partial charge in [0, 0.05) is 28.3 Å². The van der Waals surface area contributed by atoms with Crippen LogP contribution in [0.4, 0.5) is 0 Å². The maximum atomic E-state index is 12.0. The highest BCUT2D eigenvalue weighted by Crippen LogP contribution is 2.27. The molecule has 0 fully saturated rings. The van der Waals surface area contributed by atoms with Gasteiger partial charge in [-0.1, -0.05) is 23.2 Å². The highest BCUT2D eigenvalue weighted by Gasteiger charge is 2.06. The number of rotatable bonds is 7. The molecule has 0 bridgehead atoms. The molecule has 0 aliphatic carbocycles. The summed E-state index contributed by atoms with van der Waals surface area (Å²) in [5.41, 5.74) is 1.64. The number of nitrogens with zero attached hydrogens (tertiary/aromatic N) is 2. The van der Waals surface area contributed by atoms with Crippen LogP contribution in [0.2, 0.25) is 10.0 Å². The van der Waals surface area contributed by atoms with Crippen molar-refractivity contribution in [2.75, 3.05) is 6.61 Å².